The molecule has 0 bridgehead atoms. The minimum Gasteiger partial charge on any atom is -0.445 e. The molecule has 0 spiro atoms. The first-order chi connectivity index (χ1) is 7.20. The third-order valence-corrected chi connectivity index (χ3v) is 2.76. The van der Waals surface area contributed by atoms with E-state index in [0.717, 1.165) is 6.07 Å². The molecule has 0 radical (unpaired) electrons. The number of hydrogen-bond acceptors (Lipinski definition) is 0. The van der Waals surface area contributed by atoms with Gasteiger partial charge in [-0.3, -0.25) is 0 Å². The van der Waals surface area contributed by atoms with Gasteiger partial charge in [-0.25, -0.2) is 0 Å². The highest BCUT2D eigenvalue weighted by Crippen LogP contribution is 2.11. The molecule has 1 aromatic carbocycles. The molecule has 0 nitrogen and oxygen atoms in total. The molecule has 16 heavy (non-hydrogen) atoms. The van der Waals surface area contributed by atoms with Crippen LogP contribution in [-0.4, -0.2) is 15.1 Å². The van der Waals surface area contributed by atoms with Gasteiger partial charge >= 0.3 is 6.98 Å². The minimum atomic E-state index is -4.97. The number of rotatable bonds is 1. The molecular weight excluding hydrogens is 228 g/mol. The standard InChI is InChI=1S/C11H13BF3Si/c1-16(2,3)9-8-10-6-4-5-7-11(10)12(13,14)15/h4-7H,1-3H3/q-1. The first-order valence-electron chi connectivity index (χ1n) is 5.02. The Labute approximate surface area is 94.9 Å². The Hall–Kier alpha value is -1.15. The second-order valence-corrected chi connectivity index (χ2v) is 9.41. The van der Waals surface area contributed by atoms with E-state index in [0.29, 0.717) is 0 Å². The van der Waals surface area contributed by atoms with Crippen LogP contribution < -0.4 is 5.46 Å². The van der Waals surface area contributed by atoms with E-state index in [4.69, 9.17) is 0 Å². The van der Waals surface area contributed by atoms with Gasteiger partial charge in [0.15, 0.2) is 0 Å². The van der Waals surface area contributed by atoms with Crippen molar-refractivity contribution >= 4 is 20.5 Å². The summed E-state index contributed by atoms with van der Waals surface area (Å²) in [5.41, 5.74) is 2.45. The summed E-state index contributed by atoms with van der Waals surface area (Å²) in [6, 6.07) is 5.50. The molecule has 1 aromatic rings. The Bertz CT molecular complexity index is 435. The Morgan fingerprint density at radius 1 is 1.06 bits per heavy atom. The van der Waals surface area contributed by atoms with E-state index in [-0.39, 0.29) is 5.56 Å². The van der Waals surface area contributed by atoms with Crippen LogP contribution >= 0.6 is 0 Å². The number of halogens is 3. The van der Waals surface area contributed by atoms with E-state index in [2.05, 4.69) is 11.5 Å². The lowest BCUT2D eigenvalue weighted by Crippen LogP contribution is -2.36. The maximum Gasteiger partial charge on any atom is 0.510 e. The van der Waals surface area contributed by atoms with Crippen molar-refractivity contribution < 1.29 is 12.9 Å². The van der Waals surface area contributed by atoms with Gasteiger partial charge in [0, 0.05) is 0 Å². The predicted molar refractivity (Wildman–Crippen MR) is 65.4 cm³/mol. The summed E-state index contributed by atoms with van der Waals surface area (Å²) in [5, 5.41) is 0. The van der Waals surface area contributed by atoms with E-state index >= 15 is 0 Å². The molecule has 0 aliphatic heterocycles. The molecule has 0 amide bonds. The highest BCUT2D eigenvalue weighted by Gasteiger charge is 2.27. The smallest absolute Gasteiger partial charge is 0.445 e. The van der Waals surface area contributed by atoms with Gasteiger partial charge in [-0.15, -0.1) is 5.54 Å². The van der Waals surface area contributed by atoms with Crippen LogP contribution in [0.5, 0.6) is 0 Å². The number of hydrogen-bond donors (Lipinski definition) is 0. The second-order valence-electron chi connectivity index (χ2n) is 4.66. The van der Waals surface area contributed by atoms with Crippen LogP contribution in [0.2, 0.25) is 19.6 Å². The summed E-state index contributed by atoms with van der Waals surface area (Å²) in [5.74, 6) is 2.67. The molecule has 1 rings (SSSR count). The fraction of sp³-hybridized carbons (Fsp3) is 0.273. The van der Waals surface area contributed by atoms with Gasteiger partial charge in [0.25, 0.3) is 0 Å². The summed E-state index contributed by atoms with van der Waals surface area (Å²) in [7, 11) is -1.64. The second kappa shape index (κ2) is 4.38. The van der Waals surface area contributed by atoms with E-state index in [1.165, 1.54) is 12.1 Å². The van der Waals surface area contributed by atoms with Gasteiger partial charge in [0.2, 0.25) is 0 Å². The molecule has 0 aliphatic carbocycles. The maximum absolute atomic E-state index is 12.7. The molecule has 0 saturated carbocycles. The highest BCUT2D eigenvalue weighted by atomic mass is 28.3. The van der Waals surface area contributed by atoms with E-state index in [1.807, 2.05) is 19.6 Å². The average molecular weight is 241 g/mol. The van der Waals surface area contributed by atoms with Crippen molar-refractivity contribution in [2.24, 2.45) is 0 Å². The summed E-state index contributed by atoms with van der Waals surface area (Å²) in [6.07, 6.45) is 0. The summed E-state index contributed by atoms with van der Waals surface area (Å²) < 4.78 is 38.0. The Kier molecular flexibility index (Phi) is 3.54. The van der Waals surface area contributed by atoms with Crippen LogP contribution in [0.1, 0.15) is 5.56 Å². The Morgan fingerprint density at radius 2 is 1.62 bits per heavy atom. The van der Waals surface area contributed by atoms with Crippen LogP contribution in [0, 0.1) is 11.5 Å². The zero-order chi connectivity index (χ0) is 12.4. The molecule has 0 fully saturated rings. The lowest BCUT2D eigenvalue weighted by Gasteiger charge is -2.16. The summed E-state index contributed by atoms with van der Waals surface area (Å²) in [6.45, 7) is 1.03. The van der Waals surface area contributed by atoms with Gasteiger partial charge < -0.3 is 12.9 Å². The molecule has 0 unspecified atom stereocenters. The molecule has 5 heteroatoms. The third-order valence-electron chi connectivity index (χ3n) is 1.89. The molecule has 0 saturated heterocycles. The SMILES string of the molecule is C[Si](C)(C)C#Cc1ccccc1[B-](F)(F)F. The first kappa shape index (κ1) is 12.9. The molecule has 0 aliphatic rings. The quantitative estimate of drug-likeness (QED) is 0.523. The maximum atomic E-state index is 12.7. The topological polar surface area (TPSA) is 0 Å². The van der Waals surface area contributed by atoms with E-state index < -0.39 is 20.5 Å². The van der Waals surface area contributed by atoms with Crippen LogP contribution in [-0.2, 0) is 0 Å². The fourth-order valence-electron chi connectivity index (χ4n) is 1.15. The molecule has 0 N–H and O–H groups in total. The zero-order valence-corrected chi connectivity index (χ0v) is 10.5. The zero-order valence-electron chi connectivity index (χ0n) is 9.52. The van der Waals surface area contributed by atoms with Crippen LogP contribution in [0.4, 0.5) is 12.9 Å². The lowest BCUT2D eigenvalue weighted by molar-refractivity contribution is 0.501. The van der Waals surface area contributed by atoms with Crippen molar-refractivity contribution in [1.82, 2.24) is 0 Å². The summed E-state index contributed by atoms with van der Waals surface area (Å²) >= 11 is 0. The molecular formula is C11H13BF3Si-. The molecule has 0 heterocycles. The van der Waals surface area contributed by atoms with E-state index in [9.17, 15) is 12.9 Å². The minimum absolute atomic E-state index is 0.0948. The summed E-state index contributed by atoms with van der Waals surface area (Å²) in [4.78, 5) is 0. The number of benzene rings is 1. The van der Waals surface area contributed by atoms with Gasteiger partial charge in [0.05, 0.1) is 0 Å². The van der Waals surface area contributed by atoms with Crippen molar-refractivity contribution in [3.63, 3.8) is 0 Å². The van der Waals surface area contributed by atoms with Gasteiger partial charge in [0.1, 0.15) is 8.07 Å². The van der Waals surface area contributed by atoms with Gasteiger partial charge in [-0.2, -0.15) is 0 Å². The van der Waals surface area contributed by atoms with Crippen molar-refractivity contribution in [1.29, 1.82) is 0 Å². The van der Waals surface area contributed by atoms with Crippen LogP contribution in [0.15, 0.2) is 24.3 Å². The fourth-order valence-corrected chi connectivity index (χ4v) is 1.66. The average Bonchev–Trinajstić information content (AvgIpc) is 2.12. The first-order valence-corrected chi connectivity index (χ1v) is 8.52. The van der Waals surface area contributed by atoms with Crippen molar-refractivity contribution in [2.75, 3.05) is 0 Å². The monoisotopic (exact) mass is 241 g/mol. The van der Waals surface area contributed by atoms with Crippen LogP contribution in [0.3, 0.4) is 0 Å². The Morgan fingerprint density at radius 3 is 2.12 bits per heavy atom. The largest absolute Gasteiger partial charge is 0.510 e. The molecule has 0 aromatic heterocycles. The van der Waals surface area contributed by atoms with Crippen molar-refractivity contribution in [3.05, 3.63) is 29.8 Å². The lowest BCUT2D eigenvalue weighted by atomic mass is 9.77. The van der Waals surface area contributed by atoms with Crippen molar-refractivity contribution in [2.45, 2.75) is 19.6 Å². The Balaban J connectivity index is 3.19. The van der Waals surface area contributed by atoms with E-state index in [1.54, 1.807) is 6.07 Å². The predicted octanol–water partition coefficient (Wildman–Crippen LogP) is 2.97. The van der Waals surface area contributed by atoms with Crippen LogP contribution in [0.25, 0.3) is 0 Å². The van der Waals surface area contributed by atoms with Gasteiger partial charge in [-0.05, 0) is 11.6 Å². The molecule has 86 valence electrons. The molecule has 0 atom stereocenters. The van der Waals surface area contributed by atoms with Gasteiger partial charge in [-0.1, -0.05) is 49.2 Å². The third kappa shape index (κ3) is 3.78. The highest BCUT2D eigenvalue weighted by molar-refractivity contribution is 6.84. The van der Waals surface area contributed by atoms with Crippen molar-refractivity contribution in [3.8, 4) is 11.5 Å². The normalized spacial score (nSPS) is 11.9.